The first-order chi connectivity index (χ1) is 8.19. The zero-order chi connectivity index (χ0) is 12.3. The Kier molecular flexibility index (Phi) is 5.89. The van der Waals surface area contributed by atoms with Crippen molar-refractivity contribution in [3.63, 3.8) is 0 Å². The summed E-state index contributed by atoms with van der Waals surface area (Å²) in [4.78, 5) is 14.6. The zero-order valence-corrected chi connectivity index (χ0v) is 12.2. The van der Waals surface area contributed by atoms with E-state index in [1.54, 1.807) is 7.11 Å². The molecule has 4 nitrogen and oxygen atoms in total. The van der Waals surface area contributed by atoms with Crippen LogP contribution in [0, 0.1) is 5.41 Å². The molecule has 1 heterocycles. The molecule has 0 radical (unpaired) electrons. The normalized spacial score (nSPS) is 22.8. The van der Waals surface area contributed by atoms with Gasteiger partial charge in [0.2, 0.25) is 5.91 Å². The Hall–Kier alpha value is -0.320. The Morgan fingerprint density at radius 3 is 2.44 bits per heavy atom. The van der Waals surface area contributed by atoms with Gasteiger partial charge in [-0.1, -0.05) is 0 Å². The fourth-order valence-corrected chi connectivity index (χ4v) is 2.92. The van der Waals surface area contributed by atoms with Crippen LogP contribution >= 0.6 is 12.4 Å². The Bertz CT molecular complexity index is 271. The third-order valence-electron chi connectivity index (χ3n) is 4.38. The lowest BCUT2D eigenvalue weighted by Gasteiger charge is -2.43. The summed E-state index contributed by atoms with van der Waals surface area (Å²) >= 11 is 0. The van der Waals surface area contributed by atoms with E-state index in [4.69, 9.17) is 4.74 Å². The van der Waals surface area contributed by atoms with Crippen LogP contribution in [0.3, 0.4) is 0 Å². The molecule has 2 fully saturated rings. The highest BCUT2D eigenvalue weighted by Gasteiger charge is 2.43. The van der Waals surface area contributed by atoms with Crippen molar-refractivity contribution in [3.8, 4) is 0 Å². The van der Waals surface area contributed by atoms with E-state index in [1.807, 2.05) is 11.9 Å². The molecule has 0 aromatic heterocycles. The number of rotatable bonds is 4. The van der Waals surface area contributed by atoms with Gasteiger partial charge in [-0.3, -0.25) is 4.79 Å². The van der Waals surface area contributed by atoms with Crippen molar-refractivity contribution in [3.05, 3.63) is 0 Å². The summed E-state index contributed by atoms with van der Waals surface area (Å²) in [5, 5.41) is 3.32. The minimum atomic E-state index is -0.273. The van der Waals surface area contributed by atoms with Gasteiger partial charge in [-0.05, 0) is 45.2 Å². The minimum Gasteiger partial charge on any atom is -0.384 e. The summed E-state index contributed by atoms with van der Waals surface area (Å²) in [6.45, 7) is 2.41. The highest BCUT2D eigenvalue weighted by molar-refractivity contribution is 5.85. The summed E-state index contributed by atoms with van der Waals surface area (Å²) < 4.78 is 5.31. The van der Waals surface area contributed by atoms with E-state index in [9.17, 15) is 4.79 Å². The van der Waals surface area contributed by atoms with Gasteiger partial charge < -0.3 is 15.0 Å². The van der Waals surface area contributed by atoms with Crippen molar-refractivity contribution in [1.29, 1.82) is 0 Å². The molecule has 0 spiro atoms. The molecule has 0 atom stereocenters. The molecule has 1 aliphatic heterocycles. The van der Waals surface area contributed by atoms with Crippen LogP contribution in [-0.2, 0) is 9.53 Å². The Morgan fingerprint density at radius 1 is 1.39 bits per heavy atom. The van der Waals surface area contributed by atoms with E-state index < -0.39 is 0 Å². The van der Waals surface area contributed by atoms with Gasteiger partial charge >= 0.3 is 0 Å². The third-order valence-corrected chi connectivity index (χ3v) is 4.38. The number of piperidine rings is 1. The highest BCUT2D eigenvalue weighted by Crippen LogP contribution is 2.34. The highest BCUT2D eigenvalue weighted by atomic mass is 35.5. The van der Waals surface area contributed by atoms with Gasteiger partial charge in [-0.25, -0.2) is 0 Å². The van der Waals surface area contributed by atoms with Gasteiger partial charge in [0, 0.05) is 20.2 Å². The summed E-state index contributed by atoms with van der Waals surface area (Å²) in [5.41, 5.74) is -0.273. The van der Waals surface area contributed by atoms with E-state index in [0.717, 1.165) is 25.9 Å². The SMILES string of the molecule is COCC1(C(=O)N(C)C2CCC2)CCNCC1.Cl. The van der Waals surface area contributed by atoms with Crippen LogP contribution in [0.15, 0.2) is 0 Å². The molecule has 106 valence electrons. The number of hydrogen-bond donors (Lipinski definition) is 1. The van der Waals surface area contributed by atoms with Crippen LogP contribution < -0.4 is 5.32 Å². The first kappa shape index (κ1) is 15.7. The molecule has 1 saturated heterocycles. The van der Waals surface area contributed by atoms with Gasteiger partial charge in [-0.2, -0.15) is 0 Å². The van der Waals surface area contributed by atoms with Crippen LogP contribution in [0.2, 0.25) is 0 Å². The molecule has 1 N–H and O–H groups in total. The molecule has 0 bridgehead atoms. The fourth-order valence-electron chi connectivity index (χ4n) is 2.92. The maximum absolute atomic E-state index is 12.7. The van der Waals surface area contributed by atoms with Gasteiger partial charge in [0.05, 0.1) is 12.0 Å². The molecular weight excluding hydrogens is 252 g/mol. The van der Waals surface area contributed by atoms with Crippen LogP contribution in [0.1, 0.15) is 32.1 Å². The van der Waals surface area contributed by atoms with E-state index in [1.165, 1.54) is 19.3 Å². The summed E-state index contributed by atoms with van der Waals surface area (Å²) in [6.07, 6.45) is 5.40. The lowest BCUT2D eigenvalue weighted by atomic mass is 9.77. The molecule has 2 rings (SSSR count). The number of nitrogens with zero attached hydrogens (tertiary/aromatic N) is 1. The number of carbonyl (C=O) groups excluding carboxylic acids is 1. The van der Waals surface area contributed by atoms with Crippen LogP contribution in [0.5, 0.6) is 0 Å². The Labute approximate surface area is 116 Å². The molecule has 1 aliphatic carbocycles. The predicted octanol–water partition coefficient (Wildman–Crippen LogP) is 1.44. The number of hydrogen-bond acceptors (Lipinski definition) is 3. The van der Waals surface area contributed by atoms with E-state index >= 15 is 0 Å². The summed E-state index contributed by atoms with van der Waals surface area (Å²) in [6, 6.07) is 0.478. The number of amides is 1. The first-order valence-corrected chi connectivity index (χ1v) is 6.66. The average molecular weight is 277 g/mol. The Balaban J connectivity index is 0.00000162. The standard InChI is InChI=1S/C13H24N2O2.ClH/c1-15(11-4-3-5-11)12(16)13(10-17-2)6-8-14-9-7-13;/h11,14H,3-10H2,1-2H3;1H. The maximum Gasteiger partial charge on any atom is 0.231 e. The second kappa shape index (κ2) is 6.73. The number of halogens is 1. The lowest BCUT2D eigenvalue weighted by molar-refractivity contribution is -0.150. The minimum absolute atomic E-state index is 0. The van der Waals surface area contributed by atoms with Crippen LogP contribution in [0.4, 0.5) is 0 Å². The van der Waals surface area contributed by atoms with E-state index in [0.29, 0.717) is 18.6 Å². The summed E-state index contributed by atoms with van der Waals surface area (Å²) in [7, 11) is 3.66. The smallest absolute Gasteiger partial charge is 0.231 e. The van der Waals surface area contributed by atoms with E-state index in [-0.39, 0.29) is 17.8 Å². The van der Waals surface area contributed by atoms with Gasteiger partial charge in [0.1, 0.15) is 0 Å². The number of carbonyl (C=O) groups is 1. The number of methoxy groups -OCH3 is 1. The molecule has 1 saturated carbocycles. The summed E-state index contributed by atoms with van der Waals surface area (Å²) in [5.74, 6) is 0.297. The molecule has 0 aromatic rings. The van der Waals surface area contributed by atoms with E-state index in [2.05, 4.69) is 5.32 Å². The fraction of sp³-hybridized carbons (Fsp3) is 0.923. The predicted molar refractivity (Wildman–Crippen MR) is 74.1 cm³/mol. The van der Waals surface area contributed by atoms with Crippen molar-refractivity contribution in [2.75, 3.05) is 33.9 Å². The molecule has 2 aliphatic rings. The molecule has 0 unspecified atom stereocenters. The Morgan fingerprint density at radius 2 is 2.00 bits per heavy atom. The maximum atomic E-state index is 12.7. The van der Waals surface area contributed by atoms with Crippen molar-refractivity contribution in [2.24, 2.45) is 5.41 Å². The zero-order valence-electron chi connectivity index (χ0n) is 11.4. The first-order valence-electron chi connectivity index (χ1n) is 6.66. The molecule has 0 aromatic carbocycles. The van der Waals surface area contributed by atoms with Crippen LogP contribution in [0.25, 0.3) is 0 Å². The number of nitrogens with one attached hydrogen (secondary N) is 1. The van der Waals surface area contributed by atoms with Crippen LogP contribution in [-0.4, -0.2) is 50.7 Å². The molecular formula is C13H25ClN2O2. The van der Waals surface area contributed by atoms with Crippen molar-refractivity contribution in [1.82, 2.24) is 10.2 Å². The average Bonchev–Trinajstić information content (AvgIpc) is 2.27. The van der Waals surface area contributed by atoms with Crippen molar-refractivity contribution in [2.45, 2.75) is 38.1 Å². The van der Waals surface area contributed by atoms with Crippen molar-refractivity contribution >= 4 is 18.3 Å². The molecule has 5 heteroatoms. The lowest BCUT2D eigenvalue weighted by Crippen LogP contribution is -2.54. The molecule has 1 amide bonds. The number of ether oxygens (including phenoxy) is 1. The monoisotopic (exact) mass is 276 g/mol. The second-order valence-corrected chi connectivity index (χ2v) is 5.46. The topological polar surface area (TPSA) is 41.6 Å². The largest absolute Gasteiger partial charge is 0.384 e. The van der Waals surface area contributed by atoms with Gasteiger partial charge in [0.25, 0.3) is 0 Å². The van der Waals surface area contributed by atoms with Crippen molar-refractivity contribution < 1.29 is 9.53 Å². The third kappa shape index (κ3) is 2.98. The quantitative estimate of drug-likeness (QED) is 0.845. The van der Waals surface area contributed by atoms with Gasteiger partial charge in [0.15, 0.2) is 0 Å². The second-order valence-electron chi connectivity index (χ2n) is 5.46. The molecule has 18 heavy (non-hydrogen) atoms. The van der Waals surface area contributed by atoms with Gasteiger partial charge in [-0.15, -0.1) is 12.4 Å².